The number of hydrogen-bond donors (Lipinski definition) is 1. The van der Waals surface area contributed by atoms with Crippen molar-refractivity contribution in [2.45, 2.75) is 59.0 Å². The van der Waals surface area contributed by atoms with Gasteiger partial charge in [-0.3, -0.25) is 4.79 Å². The van der Waals surface area contributed by atoms with Crippen molar-refractivity contribution < 1.29 is 14.6 Å². The topological polar surface area (TPSA) is 46.5 Å². The van der Waals surface area contributed by atoms with E-state index in [9.17, 15) is 9.90 Å². The Morgan fingerprint density at radius 3 is 2.50 bits per heavy atom. The van der Waals surface area contributed by atoms with E-state index in [4.69, 9.17) is 4.74 Å². The van der Waals surface area contributed by atoms with Crippen LogP contribution in [0.3, 0.4) is 0 Å². The summed E-state index contributed by atoms with van der Waals surface area (Å²) in [5, 5.41) is 10.4. The van der Waals surface area contributed by atoms with Crippen LogP contribution in [0.15, 0.2) is 0 Å². The van der Waals surface area contributed by atoms with Gasteiger partial charge in [-0.1, -0.05) is 20.3 Å². The summed E-state index contributed by atoms with van der Waals surface area (Å²) in [4.78, 5) is 10.7. The second-order valence-corrected chi connectivity index (χ2v) is 5.88. The van der Waals surface area contributed by atoms with Gasteiger partial charge in [-0.05, 0) is 37.5 Å². The minimum Gasteiger partial charge on any atom is -0.466 e. The SMILES string of the molecule is CC(=O)OCC[C@@H]1C(C)(C)CCC[C@@]1(C)O. The van der Waals surface area contributed by atoms with E-state index in [0.29, 0.717) is 6.61 Å². The van der Waals surface area contributed by atoms with Crippen molar-refractivity contribution in [1.29, 1.82) is 0 Å². The third kappa shape index (κ3) is 3.21. The lowest BCUT2D eigenvalue weighted by atomic mass is 9.61. The number of esters is 1. The van der Waals surface area contributed by atoms with Crippen LogP contribution in [-0.2, 0) is 9.53 Å². The molecule has 1 N–H and O–H groups in total. The van der Waals surface area contributed by atoms with Crippen molar-refractivity contribution in [3.63, 3.8) is 0 Å². The average molecular weight is 228 g/mol. The van der Waals surface area contributed by atoms with E-state index in [1.165, 1.54) is 6.92 Å². The fourth-order valence-electron chi connectivity index (χ4n) is 3.11. The molecule has 0 radical (unpaired) electrons. The summed E-state index contributed by atoms with van der Waals surface area (Å²) in [5.41, 5.74) is -0.496. The first-order valence-corrected chi connectivity index (χ1v) is 6.11. The number of carbonyl (C=O) groups excluding carboxylic acids is 1. The van der Waals surface area contributed by atoms with Crippen LogP contribution in [0.25, 0.3) is 0 Å². The van der Waals surface area contributed by atoms with Crippen LogP contribution in [-0.4, -0.2) is 23.3 Å². The summed E-state index contributed by atoms with van der Waals surface area (Å²) in [6.07, 6.45) is 3.80. The predicted octanol–water partition coefficient (Wildman–Crippen LogP) is 2.52. The summed E-state index contributed by atoms with van der Waals surface area (Å²) >= 11 is 0. The summed E-state index contributed by atoms with van der Waals surface area (Å²) in [6.45, 7) is 8.13. The highest BCUT2D eigenvalue weighted by Crippen LogP contribution is 2.47. The van der Waals surface area contributed by atoms with E-state index in [1.807, 2.05) is 6.92 Å². The number of aliphatic hydroxyl groups is 1. The molecule has 0 amide bonds. The Morgan fingerprint density at radius 1 is 1.38 bits per heavy atom. The minimum atomic E-state index is -0.623. The Balaban J connectivity index is 2.60. The molecule has 2 atom stereocenters. The van der Waals surface area contributed by atoms with Crippen LogP contribution < -0.4 is 0 Å². The van der Waals surface area contributed by atoms with Gasteiger partial charge in [0.2, 0.25) is 0 Å². The molecular weight excluding hydrogens is 204 g/mol. The third-order valence-corrected chi connectivity index (χ3v) is 3.91. The molecule has 16 heavy (non-hydrogen) atoms. The van der Waals surface area contributed by atoms with Gasteiger partial charge in [0.05, 0.1) is 12.2 Å². The molecule has 1 aliphatic rings. The number of carbonyl (C=O) groups is 1. The van der Waals surface area contributed by atoms with E-state index in [1.54, 1.807) is 0 Å². The molecular formula is C13H24O3. The summed E-state index contributed by atoms with van der Waals surface area (Å²) in [7, 11) is 0. The van der Waals surface area contributed by atoms with Crippen LogP contribution in [0, 0.1) is 11.3 Å². The molecule has 0 saturated heterocycles. The maximum absolute atomic E-state index is 10.7. The van der Waals surface area contributed by atoms with Gasteiger partial charge >= 0.3 is 5.97 Å². The van der Waals surface area contributed by atoms with E-state index in [2.05, 4.69) is 13.8 Å². The Hall–Kier alpha value is -0.570. The second kappa shape index (κ2) is 4.74. The van der Waals surface area contributed by atoms with Gasteiger partial charge in [0, 0.05) is 6.92 Å². The maximum atomic E-state index is 10.7. The first-order chi connectivity index (χ1) is 7.26. The molecule has 0 heterocycles. The molecule has 0 bridgehead atoms. The lowest BCUT2D eigenvalue weighted by Gasteiger charge is -2.48. The van der Waals surface area contributed by atoms with Crippen LogP contribution in [0.2, 0.25) is 0 Å². The summed E-state index contributed by atoms with van der Waals surface area (Å²) < 4.78 is 4.98. The van der Waals surface area contributed by atoms with Gasteiger partial charge in [-0.2, -0.15) is 0 Å². The van der Waals surface area contributed by atoms with Crippen LogP contribution >= 0.6 is 0 Å². The molecule has 3 nitrogen and oxygen atoms in total. The van der Waals surface area contributed by atoms with E-state index >= 15 is 0 Å². The van der Waals surface area contributed by atoms with Crippen LogP contribution in [0.1, 0.15) is 53.4 Å². The Kier molecular flexibility index (Phi) is 4.00. The van der Waals surface area contributed by atoms with Crippen molar-refractivity contribution in [2.24, 2.45) is 11.3 Å². The molecule has 0 spiro atoms. The Morgan fingerprint density at radius 2 is 2.00 bits per heavy atom. The fourth-order valence-corrected chi connectivity index (χ4v) is 3.11. The molecule has 1 aliphatic carbocycles. The molecule has 94 valence electrons. The maximum Gasteiger partial charge on any atom is 0.302 e. The minimum absolute atomic E-state index is 0.127. The highest BCUT2D eigenvalue weighted by Gasteiger charge is 2.44. The lowest BCUT2D eigenvalue weighted by Crippen LogP contribution is -2.47. The molecule has 0 aliphatic heterocycles. The standard InChI is InChI=1S/C13H24O3/c1-10(14)16-9-6-11-12(2,3)7-5-8-13(11,4)15/h11,15H,5-9H2,1-4H3/t11-,13-/m1/s1. The van der Waals surface area contributed by atoms with Crippen molar-refractivity contribution in [3.8, 4) is 0 Å². The van der Waals surface area contributed by atoms with Crippen molar-refractivity contribution in [1.82, 2.24) is 0 Å². The molecule has 1 saturated carbocycles. The van der Waals surface area contributed by atoms with Crippen molar-refractivity contribution >= 4 is 5.97 Å². The molecule has 0 aromatic carbocycles. The largest absolute Gasteiger partial charge is 0.466 e. The zero-order valence-electron chi connectivity index (χ0n) is 10.9. The normalized spacial score (nSPS) is 33.4. The molecule has 1 fully saturated rings. The van der Waals surface area contributed by atoms with Gasteiger partial charge in [0.15, 0.2) is 0 Å². The molecule has 3 heteroatoms. The third-order valence-electron chi connectivity index (χ3n) is 3.91. The van der Waals surface area contributed by atoms with E-state index in [-0.39, 0.29) is 17.3 Å². The molecule has 0 aromatic heterocycles. The summed E-state index contributed by atoms with van der Waals surface area (Å²) in [6, 6.07) is 0. The first kappa shape index (κ1) is 13.5. The van der Waals surface area contributed by atoms with Crippen LogP contribution in [0.4, 0.5) is 0 Å². The first-order valence-electron chi connectivity index (χ1n) is 6.11. The average Bonchev–Trinajstić information content (AvgIpc) is 2.08. The molecule has 1 rings (SSSR count). The highest BCUT2D eigenvalue weighted by atomic mass is 16.5. The monoisotopic (exact) mass is 228 g/mol. The number of hydrogen-bond acceptors (Lipinski definition) is 3. The molecule has 0 aromatic rings. The Bertz CT molecular complexity index is 240. The Labute approximate surface area is 98.2 Å². The predicted molar refractivity (Wildman–Crippen MR) is 63.0 cm³/mol. The van der Waals surface area contributed by atoms with Crippen molar-refractivity contribution in [3.05, 3.63) is 0 Å². The second-order valence-electron chi connectivity index (χ2n) is 5.88. The summed E-state index contributed by atoms with van der Waals surface area (Å²) in [5.74, 6) is -0.0404. The smallest absolute Gasteiger partial charge is 0.302 e. The van der Waals surface area contributed by atoms with Gasteiger partial charge in [-0.15, -0.1) is 0 Å². The van der Waals surface area contributed by atoms with E-state index in [0.717, 1.165) is 25.7 Å². The quantitative estimate of drug-likeness (QED) is 0.755. The van der Waals surface area contributed by atoms with Gasteiger partial charge in [-0.25, -0.2) is 0 Å². The van der Waals surface area contributed by atoms with Crippen LogP contribution in [0.5, 0.6) is 0 Å². The lowest BCUT2D eigenvalue weighted by molar-refractivity contribution is -0.144. The van der Waals surface area contributed by atoms with E-state index < -0.39 is 5.60 Å². The highest BCUT2D eigenvalue weighted by molar-refractivity contribution is 5.65. The fraction of sp³-hybridized carbons (Fsp3) is 0.923. The zero-order valence-corrected chi connectivity index (χ0v) is 10.9. The van der Waals surface area contributed by atoms with Gasteiger partial charge < -0.3 is 9.84 Å². The van der Waals surface area contributed by atoms with Gasteiger partial charge in [0.25, 0.3) is 0 Å². The number of rotatable bonds is 3. The molecule has 0 unspecified atom stereocenters. The zero-order chi connectivity index (χ0) is 12.4. The number of ether oxygens (including phenoxy) is 1. The van der Waals surface area contributed by atoms with Gasteiger partial charge in [0.1, 0.15) is 0 Å². The van der Waals surface area contributed by atoms with Crippen molar-refractivity contribution in [2.75, 3.05) is 6.61 Å².